The first-order valence-electron chi connectivity index (χ1n) is 25.0. The zero-order valence-corrected chi connectivity index (χ0v) is 44.0. The number of rotatable bonds is 4. The first kappa shape index (κ1) is 47.2. The van der Waals surface area contributed by atoms with Gasteiger partial charge in [0.25, 0.3) is 0 Å². The Bertz CT molecular complexity index is 4780. The third-order valence-electron chi connectivity index (χ3n) is 13.8. The lowest BCUT2D eigenvalue weighted by Gasteiger charge is -2.06. The van der Waals surface area contributed by atoms with Gasteiger partial charge in [-0.2, -0.15) is 0 Å². The summed E-state index contributed by atoms with van der Waals surface area (Å²) in [6.45, 7) is 0. The summed E-state index contributed by atoms with van der Waals surface area (Å²) in [4.78, 5) is 27.3. The number of benzene rings is 10. The molecule has 16 rings (SSSR count). The van der Waals surface area contributed by atoms with E-state index >= 15 is 0 Å². The molecule has 0 aliphatic carbocycles. The van der Waals surface area contributed by atoms with Crippen molar-refractivity contribution in [2.24, 2.45) is 0 Å². The van der Waals surface area contributed by atoms with Gasteiger partial charge in [0.1, 0.15) is 43.1 Å². The maximum atomic E-state index is 6.26. The highest BCUT2D eigenvalue weighted by molar-refractivity contribution is 9.10. The summed E-state index contributed by atoms with van der Waals surface area (Å²) in [5, 5.41) is 10.7. The molecule has 0 saturated carbocycles. The second kappa shape index (κ2) is 19.7. The van der Waals surface area contributed by atoms with Gasteiger partial charge in [0.2, 0.25) is 17.1 Å². The maximum Gasteiger partial charge on any atom is 0.246 e. The molecule has 0 radical (unpaired) electrons. The maximum absolute atomic E-state index is 6.26. The van der Waals surface area contributed by atoms with E-state index in [1.807, 2.05) is 115 Å². The van der Waals surface area contributed by atoms with Crippen LogP contribution < -0.4 is 0 Å². The summed E-state index contributed by atoms with van der Waals surface area (Å²) >= 11 is 15.7. The van der Waals surface area contributed by atoms with Crippen LogP contribution in [0.5, 0.6) is 0 Å². The highest BCUT2D eigenvalue weighted by Crippen LogP contribution is 2.43. The molecule has 10 aromatic carbocycles. The van der Waals surface area contributed by atoms with E-state index in [1.54, 1.807) is 12.4 Å². The average molecular weight is 1110 g/mol. The molecule has 370 valence electrons. The molecule has 0 atom stereocenters. The van der Waals surface area contributed by atoms with E-state index in [-0.39, 0.29) is 0 Å². The number of hydrogen-bond acceptors (Lipinski definition) is 9. The third kappa shape index (κ3) is 8.43. The summed E-state index contributed by atoms with van der Waals surface area (Å²) in [6.07, 6.45) is 4.91. The van der Waals surface area contributed by atoms with Crippen LogP contribution >= 0.6 is 39.1 Å². The first-order valence-corrected chi connectivity index (χ1v) is 26.5. The van der Waals surface area contributed by atoms with Crippen LogP contribution in [0, 0.1) is 0 Å². The molecule has 0 saturated heterocycles. The molecule has 0 bridgehead atoms. The van der Waals surface area contributed by atoms with Gasteiger partial charge in [0.15, 0.2) is 0 Å². The molecule has 0 unspecified atom stereocenters. The molecule has 12 heteroatoms. The van der Waals surface area contributed by atoms with E-state index in [2.05, 4.69) is 132 Å². The summed E-state index contributed by atoms with van der Waals surface area (Å²) in [5.74, 6) is 0. The van der Waals surface area contributed by atoms with Crippen molar-refractivity contribution < 1.29 is 13.3 Å². The van der Waals surface area contributed by atoms with Crippen LogP contribution in [0.25, 0.3) is 144 Å². The molecule has 0 spiro atoms. The van der Waals surface area contributed by atoms with Crippen molar-refractivity contribution in [1.82, 2.24) is 29.9 Å². The zero-order chi connectivity index (χ0) is 52.3. The highest BCUT2D eigenvalue weighted by Gasteiger charge is 2.22. The largest absolute Gasteiger partial charge is 0.436 e. The van der Waals surface area contributed by atoms with Gasteiger partial charge in [-0.25, -0.2) is 29.9 Å². The van der Waals surface area contributed by atoms with Gasteiger partial charge < -0.3 is 13.3 Å². The molecule has 16 aromatic rings. The fraction of sp³-hybridized carbons (Fsp3) is 0. The van der Waals surface area contributed by atoms with Gasteiger partial charge >= 0.3 is 0 Å². The van der Waals surface area contributed by atoms with Crippen molar-refractivity contribution in [3.05, 3.63) is 240 Å². The van der Waals surface area contributed by atoms with E-state index in [1.165, 1.54) is 6.20 Å². The van der Waals surface area contributed by atoms with Crippen molar-refractivity contribution in [1.29, 1.82) is 0 Å². The Labute approximate surface area is 462 Å². The molecule has 0 aliphatic rings. The van der Waals surface area contributed by atoms with Crippen LogP contribution in [0.1, 0.15) is 0 Å². The number of fused-ring (bicyclic) bond motifs is 15. The van der Waals surface area contributed by atoms with Gasteiger partial charge in [-0.1, -0.05) is 199 Å². The molecule has 0 fully saturated rings. The van der Waals surface area contributed by atoms with Crippen molar-refractivity contribution >= 4 is 138 Å². The summed E-state index contributed by atoms with van der Waals surface area (Å²) in [5.41, 5.74) is 14.4. The van der Waals surface area contributed by atoms with Crippen molar-refractivity contribution in [2.75, 3.05) is 0 Å². The van der Waals surface area contributed by atoms with Crippen LogP contribution in [-0.4, -0.2) is 29.9 Å². The predicted octanol–water partition coefficient (Wildman–Crippen LogP) is 19.3. The molecular weight excluding hydrogens is 1080 g/mol. The normalized spacial score (nSPS) is 11.5. The van der Waals surface area contributed by atoms with Crippen molar-refractivity contribution in [3.63, 3.8) is 0 Å². The smallest absolute Gasteiger partial charge is 0.246 e. The van der Waals surface area contributed by atoms with E-state index < -0.39 is 0 Å². The Balaban J connectivity index is 0.000000107. The molecule has 0 N–H and O–H groups in total. The Morgan fingerprint density at radius 3 is 1.19 bits per heavy atom. The van der Waals surface area contributed by atoms with Gasteiger partial charge in [-0.15, -0.1) is 0 Å². The van der Waals surface area contributed by atoms with Gasteiger partial charge in [-0.05, 0) is 95.3 Å². The Kier molecular flexibility index (Phi) is 11.9. The Morgan fingerprint density at radius 1 is 0.346 bits per heavy atom. The van der Waals surface area contributed by atoms with Gasteiger partial charge in [-0.3, -0.25) is 0 Å². The van der Waals surface area contributed by atoms with E-state index in [9.17, 15) is 0 Å². The SMILES string of the molecule is Brc1cnc2oc3c(-c4ccccc4)cc4ccccc4c3c2n1.Clc1cccc(-c2cnc3oc4c(-c5ccccc5)cc5ccccc5c4c3n2)c1.Clc1cnc2oc3c(-c4ccccc4)cc4ccccc4c3c2n1. The van der Waals surface area contributed by atoms with Crippen LogP contribution in [0.2, 0.25) is 10.2 Å². The lowest BCUT2D eigenvalue weighted by Crippen LogP contribution is -1.87. The Hall–Kier alpha value is -9.32. The molecule has 9 nitrogen and oxygen atoms in total. The third-order valence-corrected chi connectivity index (χ3v) is 14.6. The first-order chi connectivity index (χ1) is 38.4. The minimum absolute atomic E-state index is 0.361. The molecule has 6 heterocycles. The lowest BCUT2D eigenvalue weighted by molar-refractivity contribution is 0.653. The number of hydrogen-bond donors (Lipinski definition) is 0. The van der Waals surface area contributed by atoms with Crippen LogP contribution in [-0.2, 0) is 0 Å². The van der Waals surface area contributed by atoms with Crippen LogP contribution in [0.15, 0.2) is 243 Å². The van der Waals surface area contributed by atoms with E-state index in [4.69, 9.17) is 41.4 Å². The van der Waals surface area contributed by atoms with Crippen LogP contribution in [0.3, 0.4) is 0 Å². The highest BCUT2D eigenvalue weighted by atomic mass is 79.9. The summed E-state index contributed by atoms with van der Waals surface area (Å²) in [7, 11) is 0. The quantitative estimate of drug-likeness (QED) is 0.170. The van der Waals surface area contributed by atoms with Gasteiger partial charge in [0, 0.05) is 27.3 Å². The number of furan rings is 3. The fourth-order valence-corrected chi connectivity index (χ4v) is 11.0. The lowest BCUT2D eigenvalue weighted by atomic mass is 9.97. The van der Waals surface area contributed by atoms with E-state index in [0.717, 1.165) is 121 Å². The molecule has 6 aromatic heterocycles. The summed E-state index contributed by atoms with van der Waals surface area (Å²) < 4.78 is 19.1. The standard InChI is InChI=1S/C26H15ClN2O.C20H11BrN2O.C20H11ClN2O/c27-19-11-6-10-18(13-19)22-15-28-26-24(29-22)23-20-12-5-4-9-17(20)14-21(25(23)30-26)16-7-2-1-3-8-16;2*21-16-11-22-20-18(23-16)17-14-9-5-4-8-13(14)10-15(19(17)24-20)12-6-2-1-3-7-12/h1-15H;2*1-11H. The minimum Gasteiger partial charge on any atom is -0.436 e. The van der Waals surface area contributed by atoms with Gasteiger partial charge in [0.05, 0.1) is 40.4 Å². The second-order valence-electron chi connectivity index (χ2n) is 18.6. The number of nitrogens with zero attached hydrogens (tertiary/aromatic N) is 6. The van der Waals surface area contributed by atoms with E-state index in [0.29, 0.717) is 37.4 Å². The Morgan fingerprint density at radius 2 is 0.731 bits per heavy atom. The zero-order valence-electron chi connectivity index (χ0n) is 40.9. The molecule has 78 heavy (non-hydrogen) atoms. The average Bonchev–Trinajstić information content (AvgIpc) is 4.29. The number of aromatic nitrogens is 6. The predicted molar refractivity (Wildman–Crippen MR) is 320 cm³/mol. The van der Waals surface area contributed by atoms with Crippen molar-refractivity contribution in [3.8, 4) is 44.6 Å². The topological polar surface area (TPSA) is 117 Å². The molecular formula is C66H37BrCl2N6O3. The van der Waals surface area contributed by atoms with Crippen LogP contribution in [0.4, 0.5) is 0 Å². The molecule has 0 amide bonds. The minimum atomic E-state index is 0.361. The fourth-order valence-electron chi connectivity index (χ4n) is 10.4. The number of halogens is 3. The van der Waals surface area contributed by atoms with Crippen molar-refractivity contribution in [2.45, 2.75) is 0 Å². The monoisotopic (exact) mass is 1110 g/mol. The second-order valence-corrected chi connectivity index (χ2v) is 20.2. The molecule has 0 aliphatic heterocycles. The summed E-state index contributed by atoms with van der Waals surface area (Å²) in [6, 6.07) is 69.7.